The summed E-state index contributed by atoms with van der Waals surface area (Å²) in [7, 11) is 0. The molecular weight excluding hydrogens is 304 g/mol. The van der Waals surface area contributed by atoms with Crippen molar-refractivity contribution in [2.45, 2.75) is 32.7 Å². The van der Waals surface area contributed by atoms with Crippen LogP contribution in [0.1, 0.15) is 25.8 Å². The van der Waals surface area contributed by atoms with Gasteiger partial charge in [-0.2, -0.15) is 0 Å². The topological polar surface area (TPSA) is 47.3 Å². The molecule has 1 aromatic rings. The van der Waals surface area contributed by atoms with Crippen molar-refractivity contribution < 1.29 is 4.74 Å². The van der Waals surface area contributed by atoms with Gasteiger partial charge in [0.1, 0.15) is 5.75 Å². The first-order chi connectivity index (χ1) is 8.63. The fourth-order valence-electron chi connectivity index (χ4n) is 1.70. The Morgan fingerprint density at radius 1 is 1.42 bits per heavy atom. The summed E-state index contributed by atoms with van der Waals surface area (Å²) in [6.07, 6.45) is 3.64. The smallest absolute Gasteiger partial charge is 0.122 e. The number of hydrogen-bond donors (Lipinski definition) is 2. The summed E-state index contributed by atoms with van der Waals surface area (Å²) < 4.78 is 5.78. The molecule has 3 nitrogen and oxygen atoms in total. The van der Waals surface area contributed by atoms with Crippen LogP contribution in [0.3, 0.4) is 0 Å². The van der Waals surface area contributed by atoms with Gasteiger partial charge in [0.15, 0.2) is 0 Å². The van der Waals surface area contributed by atoms with Crippen LogP contribution in [0, 0.1) is 0 Å². The Bertz CT molecular complexity index is 380. The lowest BCUT2D eigenvalue weighted by Crippen LogP contribution is -2.24. The Labute approximate surface area is 127 Å². The standard InChI is InChI=1S/C15H24N2O.BrH/c1-4-6-13-11-14(16)7-8-15(13)18-10-5-9-17-12(2)3;/h4,7-8,11-12,17H,1,5-6,9-10,16H2,2-3H3;1H. The molecule has 0 heterocycles. The predicted molar refractivity (Wildman–Crippen MR) is 88.3 cm³/mol. The van der Waals surface area contributed by atoms with E-state index >= 15 is 0 Å². The number of rotatable bonds is 8. The molecular formula is C15H25BrN2O. The molecule has 0 atom stereocenters. The van der Waals surface area contributed by atoms with Gasteiger partial charge in [0.2, 0.25) is 0 Å². The van der Waals surface area contributed by atoms with E-state index in [-0.39, 0.29) is 17.0 Å². The molecule has 0 fully saturated rings. The number of nitrogens with one attached hydrogen (secondary N) is 1. The minimum Gasteiger partial charge on any atom is -0.493 e. The van der Waals surface area contributed by atoms with Crippen LogP contribution >= 0.6 is 17.0 Å². The summed E-state index contributed by atoms with van der Waals surface area (Å²) in [5.74, 6) is 0.911. The second-order valence-electron chi connectivity index (χ2n) is 4.67. The lowest BCUT2D eigenvalue weighted by molar-refractivity contribution is 0.304. The highest BCUT2D eigenvalue weighted by atomic mass is 79.9. The van der Waals surface area contributed by atoms with Crippen molar-refractivity contribution in [1.29, 1.82) is 0 Å². The van der Waals surface area contributed by atoms with Crippen LogP contribution < -0.4 is 15.8 Å². The molecule has 0 saturated heterocycles. The van der Waals surface area contributed by atoms with Crippen molar-refractivity contribution in [2.75, 3.05) is 18.9 Å². The second-order valence-corrected chi connectivity index (χ2v) is 4.67. The third-order valence-electron chi connectivity index (χ3n) is 2.58. The molecule has 4 heteroatoms. The van der Waals surface area contributed by atoms with Crippen molar-refractivity contribution in [2.24, 2.45) is 0 Å². The van der Waals surface area contributed by atoms with E-state index < -0.39 is 0 Å². The number of benzene rings is 1. The average Bonchev–Trinajstić information content (AvgIpc) is 2.31. The lowest BCUT2D eigenvalue weighted by Gasteiger charge is -2.12. The van der Waals surface area contributed by atoms with Gasteiger partial charge in [0.05, 0.1) is 6.61 Å². The molecule has 19 heavy (non-hydrogen) atoms. The first-order valence-electron chi connectivity index (χ1n) is 6.49. The van der Waals surface area contributed by atoms with E-state index in [1.807, 2.05) is 24.3 Å². The van der Waals surface area contributed by atoms with E-state index in [0.717, 1.165) is 36.4 Å². The van der Waals surface area contributed by atoms with Gasteiger partial charge in [-0.05, 0) is 43.1 Å². The summed E-state index contributed by atoms with van der Waals surface area (Å²) in [6, 6.07) is 6.28. The average molecular weight is 329 g/mol. The Kier molecular flexibility index (Phi) is 9.35. The molecule has 0 aliphatic heterocycles. The van der Waals surface area contributed by atoms with Gasteiger partial charge >= 0.3 is 0 Å². The first-order valence-corrected chi connectivity index (χ1v) is 6.49. The molecule has 1 rings (SSSR count). The van der Waals surface area contributed by atoms with Gasteiger partial charge < -0.3 is 15.8 Å². The normalized spacial score (nSPS) is 10.1. The zero-order valence-corrected chi connectivity index (χ0v) is 13.5. The number of nitrogen functional groups attached to an aromatic ring is 1. The molecule has 0 amide bonds. The Balaban J connectivity index is 0.00000324. The summed E-state index contributed by atoms with van der Waals surface area (Å²) in [4.78, 5) is 0. The fourth-order valence-corrected chi connectivity index (χ4v) is 1.70. The van der Waals surface area contributed by atoms with E-state index in [9.17, 15) is 0 Å². The van der Waals surface area contributed by atoms with Crippen molar-refractivity contribution in [3.05, 3.63) is 36.4 Å². The number of anilines is 1. The SMILES string of the molecule is Br.C=CCc1cc(N)ccc1OCCCNC(C)C. The minimum absolute atomic E-state index is 0. The van der Waals surface area contributed by atoms with Crippen LogP contribution in [0.25, 0.3) is 0 Å². The maximum absolute atomic E-state index is 5.78. The number of allylic oxidation sites excluding steroid dienone is 1. The first kappa shape index (κ1) is 18.0. The van der Waals surface area contributed by atoms with Crippen molar-refractivity contribution in [3.63, 3.8) is 0 Å². The Morgan fingerprint density at radius 2 is 2.16 bits per heavy atom. The van der Waals surface area contributed by atoms with E-state index in [4.69, 9.17) is 10.5 Å². The molecule has 0 saturated carbocycles. The minimum atomic E-state index is 0. The molecule has 0 spiro atoms. The number of halogens is 1. The van der Waals surface area contributed by atoms with Crippen LogP contribution in [0.15, 0.2) is 30.9 Å². The molecule has 0 aliphatic rings. The van der Waals surface area contributed by atoms with Gasteiger partial charge in [-0.1, -0.05) is 19.9 Å². The van der Waals surface area contributed by atoms with Crippen LogP contribution in [-0.2, 0) is 6.42 Å². The lowest BCUT2D eigenvalue weighted by atomic mass is 10.1. The number of ether oxygens (including phenoxy) is 1. The monoisotopic (exact) mass is 328 g/mol. The molecule has 0 unspecified atom stereocenters. The van der Waals surface area contributed by atoms with Crippen molar-refractivity contribution >= 4 is 22.7 Å². The number of hydrogen-bond acceptors (Lipinski definition) is 3. The molecule has 0 bridgehead atoms. The van der Waals surface area contributed by atoms with Crippen LogP contribution in [0.4, 0.5) is 5.69 Å². The molecule has 108 valence electrons. The molecule has 0 aliphatic carbocycles. The van der Waals surface area contributed by atoms with Gasteiger partial charge in [0, 0.05) is 11.7 Å². The summed E-state index contributed by atoms with van der Waals surface area (Å²) >= 11 is 0. The van der Waals surface area contributed by atoms with Crippen molar-refractivity contribution in [3.8, 4) is 5.75 Å². The summed E-state index contributed by atoms with van der Waals surface area (Å²) in [6.45, 7) is 9.72. The quantitative estimate of drug-likeness (QED) is 0.437. The van der Waals surface area contributed by atoms with Crippen LogP contribution in [0.2, 0.25) is 0 Å². The van der Waals surface area contributed by atoms with Gasteiger partial charge in [-0.25, -0.2) is 0 Å². The zero-order chi connectivity index (χ0) is 13.4. The highest BCUT2D eigenvalue weighted by molar-refractivity contribution is 8.93. The fraction of sp³-hybridized carbons (Fsp3) is 0.467. The van der Waals surface area contributed by atoms with Gasteiger partial charge in [0.25, 0.3) is 0 Å². The van der Waals surface area contributed by atoms with E-state index in [1.165, 1.54) is 0 Å². The summed E-state index contributed by atoms with van der Waals surface area (Å²) in [5, 5.41) is 3.36. The van der Waals surface area contributed by atoms with Gasteiger partial charge in [-0.3, -0.25) is 0 Å². The van der Waals surface area contributed by atoms with Gasteiger partial charge in [-0.15, -0.1) is 23.6 Å². The second kappa shape index (κ2) is 9.87. The van der Waals surface area contributed by atoms with Crippen LogP contribution in [-0.4, -0.2) is 19.2 Å². The third kappa shape index (κ3) is 7.23. The largest absolute Gasteiger partial charge is 0.493 e. The highest BCUT2D eigenvalue weighted by Crippen LogP contribution is 2.22. The zero-order valence-electron chi connectivity index (χ0n) is 11.8. The molecule has 0 radical (unpaired) electrons. The summed E-state index contributed by atoms with van der Waals surface area (Å²) in [5.41, 5.74) is 7.63. The molecule has 1 aromatic carbocycles. The van der Waals surface area contributed by atoms with E-state index in [1.54, 1.807) is 0 Å². The molecule has 3 N–H and O–H groups in total. The third-order valence-corrected chi connectivity index (χ3v) is 2.58. The van der Waals surface area contributed by atoms with Crippen molar-refractivity contribution in [1.82, 2.24) is 5.32 Å². The maximum atomic E-state index is 5.78. The van der Waals surface area contributed by atoms with Crippen LogP contribution in [0.5, 0.6) is 5.75 Å². The maximum Gasteiger partial charge on any atom is 0.122 e. The number of nitrogens with two attached hydrogens (primary N) is 1. The van der Waals surface area contributed by atoms with E-state index in [2.05, 4.69) is 25.7 Å². The van der Waals surface area contributed by atoms with E-state index in [0.29, 0.717) is 12.6 Å². The Hall–Kier alpha value is -1.00. The predicted octanol–water partition coefficient (Wildman–Crippen LogP) is 3.34. The Morgan fingerprint density at radius 3 is 2.79 bits per heavy atom. The molecule has 0 aromatic heterocycles. The highest BCUT2D eigenvalue weighted by Gasteiger charge is 2.03.